The van der Waals surface area contributed by atoms with Crippen molar-refractivity contribution in [3.05, 3.63) is 30.5 Å². The SMILES string of the molecule is CCOc1cccc(NS(=O)(=O)c2cn(C)nc2N)c1. The lowest BCUT2D eigenvalue weighted by atomic mass is 10.3. The third kappa shape index (κ3) is 3.02. The van der Waals surface area contributed by atoms with Gasteiger partial charge in [-0.3, -0.25) is 9.40 Å². The van der Waals surface area contributed by atoms with E-state index in [0.29, 0.717) is 18.0 Å². The molecule has 0 aliphatic rings. The molecule has 0 spiro atoms. The maximum Gasteiger partial charge on any atom is 0.267 e. The fraction of sp³-hybridized carbons (Fsp3) is 0.250. The van der Waals surface area contributed by atoms with Gasteiger partial charge in [0.1, 0.15) is 10.6 Å². The molecule has 0 aliphatic heterocycles. The number of hydrogen-bond acceptors (Lipinski definition) is 5. The van der Waals surface area contributed by atoms with Gasteiger partial charge in [-0.1, -0.05) is 6.07 Å². The first-order valence-corrected chi connectivity index (χ1v) is 7.45. The van der Waals surface area contributed by atoms with Crippen LogP contribution in [0.3, 0.4) is 0 Å². The average Bonchev–Trinajstić information content (AvgIpc) is 2.69. The van der Waals surface area contributed by atoms with Crippen molar-refractivity contribution < 1.29 is 13.2 Å². The fourth-order valence-corrected chi connectivity index (χ4v) is 2.87. The molecule has 0 saturated carbocycles. The summed E-state index contributed by atoms with van der Waals surface area (Å²) in [6, 6.07) is 6.69. The predicted molar refractivity (Wildman–Crippen MR) is 76.0 cm³/mol. The third-order valence-corrected chi connectivity index (χ3v) is 3.91. The summed E-state index contributed by atoms with van der Waals surface area (Å²) in [5, 5.41) is 3.82. The lowest BCUT2D eigenvalue weighted by Crippen LogP contribution is -2.14. The van der Waals surface area contributed by atoms with Gasteiger partial charge in [-0.05, 0) is 19.1 Å². The Bertz CT molecular complexity index is 709. The number of anilines is 2. The van der Waals surface area contributed by atoms with Gasteiger partial charge >= 0.3 is 0 Å². The molecular formula is C12H16N4O3S. The van der Waals surface area contributed by atoms with Crippen molar-refractivity contribution in [3.63, 3.8) is 0 Å². The number of nitrogen functional groups attached to an aromatic ring is 1. The molecular weight excluding hydrogens is 280 g/mol. The highest BCUT2D eigenvalue weighted by Crippen LogP contribution is 2.22. The van der Waals surface area contributed by atoms with E-state index < -0.39 is 10.0 Å². The minimum atomic E-state index is -3.77. The van der Waals surface area contributed by atoms with Gasteiger partial charge in [0.05, 0.1) is 12.3 Å². The van der Waals surface area contributed by atoms with E-state index in [4.69, 9.17) is 10.5 Å². The summed E-state index contributed by atoms with van der Waals surface area (Å²) in [4.78, 5) is -0.0539. The summed E-state index contributed by atoms with van der Waals surface area (Å²) in [6.45, 7) is 2.36. The van der Waals surface area contributed by atoms with E-state index in [-0.39, 0.29) is 10.7 Å². The number of rotatable bonds is 5. The zero-order valence-electron chi connectivity index (χ0n) is 11.2. The summed E-state index contributed by atoms with van der Waals surface area (Å²) in [6.07, 6.45) is 1.35. The Labute approximate surface area is 117 Å². The molecule has 1 aromatic heterocycles. The van der Waals surface area contributed by atoms with Crippen molar-refractivity contribution in [3.8, 4) is 5.75 Å². The Balaban J connectivity index is 2.28. The summed E-state index contributed by atoms with van der Waals surface area (Å²) in [5.74, 6) is 0.549. The zero-order chi connectivity index (χ0) is 14.8. The van der Waals surface area contributed by atoms with Crippen LogP contribution in [-0.2, 0) is 17.1 Å². The fourth-order valence-electron chi connectivity index (χ4n) is 1.72. The Kier molecular flexibility index (Phi) is 3.84. The van der Waals surface area contributed by atoms with Crippen LogP contribution in [0.5, 0.6) is 5.75 Å². The number of nitrogens with one attached hydrogen (secondary N) is 1. The standard InChI is InChI=1S/C12H16N4O3S/c1-3-19-10-6-4-5-9(7-10)15-20(17,18)11-8-16(2)14-12(11)13/h4-8,15H,3H2,1-2H3,(H2,13,14). The predicted octanol–water partition coefficient (Wildman–Crippen LogP) is 1.20. The highest BCUT2D eigenvalue weighted by atomic mass is 32.2. The topological polar surface area (TPSA) is 99.2 Å². The van der Waals surface area contributed by atoms with Gasteiger partial charge in [0.2, 0.25) is 0 Å². The van der Waals surface area contributed by atoms with Crippen LogP contribution in [0, 0.1) is 0 Å². The zero-order valence-corrected chi connectivity index (χ0v) is 12.0. The first kappa shape index (κ1) is 14.2. The van der Waals surface area contributed by atoms with Crippen molar-refractivity contribution >= 4 is 21.5 Å². The summed E-state index contributed by atoms with van der Waals surface area (Å²) < 4.78 is 33.6. The number of sulfonamides is 1. The molecule has 0 saturated heterocycles. The number of aryl methyl sites for hydroxylation is 1. The second-order valence-corrected chi connectivity index (χ2v) is 5.77. The quantitative estimate of drug-likeness (QED) is 0.863. The molecule has 0 bridgehead atoms. The lowest BCUT2D eigenvalue weighted by Gasteiger charge is -2.09. The molecule has 0 radical (unpaired) electrons. The molecule has 8 heteroatoms. The van der Waals surface area contributed by atoms with E-state index in [1.165, 1.54) is 10.9 Å². The van der Waals surface area contributed by atoms with Gasteiger partial charge in [-0.15, -0.1) is 0 Å². The summed E-state index contributed by atoms with van der Waals surface area (Å²) in [5.41, 5.74) is 5.99. The molecule has 20 heavy (non-hydrogen) atoms. The molecule has 7 nitrogen and oxygen atoms in total. The Morgan fingerprint density at radius 3 is 2.80 bits per heavy atom. The van der Waals surface area contributed by atoms with E-state index in [0.717, 1.165) is 0 Å². The molecule has 1 aromatic carbocycles. The van der Waals surface area contributed by atoms with Crippen LogP contribution in [0.1, 0.15) is 6.92 Å². The summed E-state index contributed by atoms with van der Waals surface area (Å²) in [7, 11) is -2.17. The molecule has 1 heterocycles. The van der Waals surface area contributed by atoms with Gasteiger partial charge in [0, 0.05) is 19.3 Å². The Morgan fingerprint density at radius 2 is 2.20 bits per heavy atom. The monoisotopic (exact) mass is 296 g/mol. The number of nitrogens with two attached hydrogens (primary N) is 1. The smallest absolute Gasteiger partial charge is 0.267 e. The van der Waals surface area contributed by atoms with Crippen molar-refractivity contribution in [1.29, 1.82) is 0 Å². The molecule has 0 atom stereocenters. The number of ether oxygens (including phenoxy) is 1. The molecule has 0 amide bonds. The first-order chi connectivity index (χ1) is 9.42. The second kappa shape index (κ2) is 5.41. The van der Waals surface area contributed by atoms with E-state index in [9.17, 15) is 8.42 Å². The van der Waals surface area contributed by atoms with Crippen LogP contribution in [0.4, 0.5) is 11.5 Å². The Morgan fingerprint density at radius 1 is 1.45 bits per heavy atom. The van der Waals surface area contributed by atoms with Crippen LogP contribution in [-0.4, -0.2) is 24.8 Å². The van der Waals surface area contributed by atoms with E-state index in [1.54, 1.807) is 31.3 Å². The van der Waals surface area contributed by atoms with Crippen LogP contribution in [0.15, 0.2) is 35.4 Å². The van der Waals surface area contributed by atoms with Gasteiger partial charge in [0.15, 0.2) is 5.82 Å². The number of nitrogens with zero attached hydrogens (tertiary/aromatic N) is 2. The normalized spacial score (nSPS) is 11.3. The molecule has 2 rings (SSSR count). The van der Waals surface area contributed by atoms with Crippen LogP contribution in [0.25, 0.3) is 0 Å². The second-order valence-electron chi connectivity index (χ2n) is 4.12. The van der Waals surface area contributed by atoms with E-state index in [1.807, 2.05) is 6.92 Å². The van der Waals surface area contributed by atoms with E-state index >= 15 is 0 Å². The van der Waals surface area contributed by atoms with Crippen LogP contribution >= 0.6 is 0 Å². The minimum Gasteiger partial charge on any atom is -0.494 e. The van der Waals surface area contributed by atoms with Crippen molar-refractivity contribution in [2.24, 2.45) is 7.05 Å². The van der Waals surface area contributed by atoms with Crippen LogP contribution < -0.4 is 15.2 Å². The highest BCUT2D eigenvalue weighted by Gasteiger charge is 2.20. The maximum atomic E-state index is 12.2. The van der Waals surface area contributed by atoms with Crippen molar-refractivity contribution in [2.75, 3.05) is 17.1 Å². The molecule has 0 unspecified atom stereocenters. The molecule has 3 N–H and O–H groups in total. The van der Waals surface area contributed by atoms with Crippen molar-refractivity contribution in [1.82, 2.24) is 9.78 Å². The number of aromatic nitrogens is 2. The molecule has 108 valence electrons. The third-order valence-electron chi connectivity index (χ3n) is 2.51. The summed E-state index contributed by atoms with van der Waals surface area (Å²) >= 11 is 0. The average molecular weight is 296 g/mol. The van der Waals surface area contributed by atoms with E-state index in [2.05, 4.69) is 9.82 Å². The lowest BCUT2D eigenvalue weighted by molar-refractivity contribution is 0.340. The molecule has 0 fully saturated rings. The number of benzene rings is 1. The van der Waals surface area contributed by atoms with Gasteiger partial charge in [0.25, 0.3) is 10.0 Å². The molecule has 2 aromatic rings. The van der Waals surface area contributed by atoms with Gasteiger partial charge in [-0.25, -0.2) is 8.42 Å². The minimum absolute atomic E-state index is 0.0408. The Hall–Kier alpha value is -2.22. The highest BCUT2D eigenvalue weighted by molar-refractivity contribution is 7.92. The maximum absolute atomic E-state index is 12.2. The van der Waals surface area contributed by atoms with Gasteiger partial charge in [-0.2, -0.15) is 5.10 Å². The number of hydrogen-bond donors (Lipinski definition) is 2. The molecule has 0 aliphatic carbocycles. The largest absolute Gasteiger partial charge is 0.494 e. The van der Waals surface area contributed by atoms with Crippen LogP contribution in [0.2, 0.25) is 0 Å². The van der Waals surface area contributed by atoms with Crippen molar-refractivity contribution in [2.45, 2.75) is 11.8 Å². The van der Waals surface area contributed by atoms with Gasteiger partial charge < -0.3 is 10.5 Å². The first-order valence-electron chi connectivity index (χ1n) is 5.97.